The third-order valence-corrected chi connectivity index (χ3v) is 8.11. The Hall–Kier alpha value is -2.45. The van der Waals surface area contributed by atoms with E-state index in [1.807, 2.05) is 26.0 Å². The normalized spacial score (nSPS) is 22.4. The molecule has 5 atom stereocenters. The smallest absolute Gasteiger partial charge is 0.311 e. The number of aliphatic hydroxyl groups excluding tert-OH is 1. The predicted octanol–water partition coefficient (Wildman–Crippen LogP) is 4.82. The summed E-state index contributed by atoms with van der Waals surface area (Å²) in [5.41, 5.74) is 4.01. The minimum atomic E-state index is -0.814. The number of carbonyl (C=O) groups is 1. The van der Waals surface area contributed by atoms with Gasteiger partial charge in [0.15, 0.2) is 0 Å². The molecular weight excluding hydrogens is 462 g/mol. The first-order valence-corrected chi connectivity index (χ1v) is 13.1. The van der Waals surface area contributed by atoms with Crippen LogP contribution in [0.4, 0.5) is 0 Å². The maximum atomic E-state index is 11.5. The summed E-state index contributed by atoms with van der Waals surface area (Å²) < 4.78 is 13.3. The van der Waals surface area contributed by atoms with Gasteiger partial charge in [-0.25, -0.2) is 0 Å². The van der Waals surface area contributed by atoms with Gasteiger partial charge in [0.1, 0.15) is 17.8 Å². The van der Waals surface area contributed by atoms with Crippen LogP contribution in [0.25, 0.3) is 10.1 Å². The number of ether oxygens (including phenoxy) is 2. The number of carboxylic acids is 1. The van der Waals surface area contributed by atoms with Gasteiger partial charge in [-0.15, -0.1) is 11.3 Å². The Morgan fingerprint density at radius 2 is 2.06 bits per heavy atom. The highest BCUT2D eigenvalue weighted by Gasteiger charge is 2.64. The molecule has 0 amide bonds. The van der Waals surface area contributed by atoms with Gasteiger partial charge < -0.3 is 25.0 Å². The molecule has 1 aliphatic carbocycles. The van der Waals surface area contributed by atoms with Gasteiger partial charge >= 0.3 is 5.97 Å². The number of β-amino-alcohol motifs (C(OH)–C–C–N with tert-alkyl or cyclic N) is 1. The van der Waals surface area contributed by atoms with E-state index in [-0.39, 0.29) is 30.3 Å². The standard InChI is InChI=1S/C28H33NO5S/c1-15-5-7-20(22-23-24(27(31)32)26(23)34-25(15)22)16(2)33-14-19(30)13-29-28(3,4)12-17-6-8-21-18(11-17)9-10-35-21/h5-11,16,19,23-24,26,29-30H,12-14H2,1-4H3,(H,31,32)/t16-,19?,23+,24+,26+/m1/s1. The molecule has 1 unspecified atom stereocenters. The number of aryl methyl sites for hydroxylation is 1. The Balaban J connectivity index is 1.16. The number of rotatable bonds is 10. The first kappa shape index (κ1) is 24.3. The Morgan fingerprint density at radius 1 is 1.26 bits per heavy atom. The van der Waals surface area contributed by atoms with Gasteiger partial charge in [0.05, 0.1) is 18.8 Å². The quantitative estimate of drug-likeness (QED) is 0.374. The zero-order chi connectivity index (χ0) is 24.9. The molecular formula is C28H33NO5S. The van der Waals surface area contributed by atoms with Gasteiger partial charge in [-0.1, -0.05) is 24.3 Å². The van der Waals surface area contributed by atoms with Crippen molar-refractivity contribution in [2.75, 3.05) is 13.2 Å². The Kier molecular flexibility index (Phi) is 6.38. The monoisotopic (exact) mass is 495 g/mol. The van der Waals surface area contributed by atoms with E-state index in [9.17, 15) is 15.0 Å². The van der Waals surface area contributed by atoms with Gasteiger partial charge in [-0.2, -0.15) is 0 Å². The third-order valence-electron chi connectivity index (χ3n) is 7.21. The first-order chi connectivity index (χ1) is 16.6. The Morgan fingerprint density at radius 3 is 2.83 bits per heavy atom. The lowest BCUT2D eigenvalue weighted by atomic mass is 9.94. The van der Waals surface area contributed by atoms with Crippen LogP contribution in [-0.2, 0) is 16.0 Å². The third kappa shape index (κ3) is 4.83. The minimum Gasteiger partial charge on any atom is -0.488 e. The lowest BCUT2D eigenvalue weighted by Gasteiger charge is -2.28. The average Bonchev–Trinajstić information content (AvgIpc) is 3.12. The van der Waals surface area contributed by atoms with Crippen molar-refractivity contribution >= 4 is 27.4 Å². The SMILES string of the molecule is Cc1ccc([C@@H](C)OCC(O)CNC(C)(C)Cc2ccc3sccc3c2)c2c1O[C@@H]1[C@@H](C(=O)O)[C@H]21. The lowest BCUT2D eigenvalue weighted by Crippen LogP contribution is -2.46. The van der Waals surface area contributed by atoms with E-state index < -0.39 is 18.0 Å². The van der Waals surface area contributed by atoms with Gasteiger partial charge in [0.2, 0.25) is 0 Å². The summed E-state index contributed by atoms with van der Waals surface area (Å²) in [6.07, 6.45) is -0.356. The van der Waals surface area contributed by atoms with Crippen LogP contribution in [0, 0.1) is 12.8 Å². The number of benzene rings is 2. The maximum absolute atomic E-state index is 11.5. The maximum Gasteiger partial charge on any atom is 0.311 e. The van der Waals surface area contributed by atoms with Gasteiger partial charge in [0.25, 0.3) is 0 Å². The number of nitrogens with one attached hydrogen (secondary N) is 1. The summed E-state index contributed by atoms with van der Waals surface area (Å²) in [6.45, 7) is 8.81. The van der Waals surface area contributed by atoms with Crippen molar-refractivity contribution in [2.24, 2.45) is 5.92 Å². The number of hydrogen-bond donors (Lipinski definition) is 3. The molecule has 35 heavy (non-hydrogen) atoms. The van der Waals surface area contributed by atoms with Gasteiger partial charge in [-0.3, -0.25) is 4.79 Å². The van der Waals surface area contributed by atoms with E-state index in [1.165, 1.54) is 15.6 Å². The molecule has 2 aliphatic rings. The van der Waals surface area contributed by atoms with Gasteiger partial charge in [-0.05, 0) is 73.7 Å². The molecule has 2 heterocycles. The van der Waals surface area contributed by atoms with E-state index in [2.05, 4.69) is 48.8 Å². The molecule has 0 bridgehead atoms. The molecule has 0 saturated heterocycles. The highest BCUT2D eigenvalue weighted by atomic mass is 32.1. The Labute approximate surface area is 209 Å². The fourth-order valence-electron chi connectivity index (χ4n) is 5.28. The van der Waals surface area contributed by atoms with Crippen LogP contribution in [0.15, 0.2) is 41.8 Å². The fourth-order valence-corrected chi connectivity index (χ4v) is 6.05. The summed E-state index contributed by atoms with van der Waals surface area (Å²) in [5, 5.41) is 26.9. The number of hydrogen-bond acceptors (Lipinski definition) is 6. The number of thiophene rings is 1. The molecule has 2 aromatic carbocycles. The van der Waals surface area contributed by atoms with Crippen LogP contribution in [0.2, 0.25) is 0 Å². The largest absolute Gasteiger partial charge is 0.488 e. The van der Waals surface area contributed by atoms with Crippen molar-refractivity contribution in [1.29, 1.82) is 0 Å². The van der Waals surface area contributed by atoms with Crippen LogP contribution < -0.4 is 10.1 Å². The van der Waals surface area contributed by atoms with Crippen LogP contribution in [-0.4, -0.2) is 47.1 Å². The topological polar surface area (TPSA) is 88.0 Å². The second kappa shape index (κ2) is 9.21. The molecule has 7 heteroatoms. The number of aliphatic carboxylic acids is 1. The van der Waals surface area contributed by atoms with Crippen LogP contribution in [0.3, 0.4) is 0 Å². The van der Waals surface area contributed by atoms with Crippen molar-refractivity contribution in [1.82, 2.24) is 5.32 Å². The lowest BCUT2D eigenvalue weighted by molar-refractivity contribution is -0.139. The molecule has 1 aliphatic heterocycles. The predicted molar refractivity (Wildman–Crippen MR) is 137 cm³/mol. The van der Waals surface area contributed by atoms with E-state index in [0.29, 0.717) is 6.54 Å². The van der Waals surface area contributed by atoms with E-state index in [1.54, 1.807) is 11.3 Å². The fraction of sp³-hybridized carbons (Fsp3) is 0.464. The molecule has 186 valence electrons. The zero-order valence-corrected chi connectivity index (χ0v) is 21.4. The van der Waals surface area contributed by atoms with Gasteiger partial charge in [0, 0.05) is 28.3 Å². The van der Waals surface area contributed by atoms with Crippen molar-refractivity contribution in [3.63, 3.8) is 0 Å². The highest BCUT2D eigenvalue weighted by Crippen LogP contribution is 2.61. The molecule has 1 aromatic heterocycles. The van der Waals surface area contributed by atoms with Crippen molar-refractivity contribution in [2.45, 2.75) is 63.9 Å². The Bertz CT molecular complexity index is 1250. The van der Waals surface area contributed by atoms with Crippen molar-refractivity contribution in [3.05, 3.63) is 64.0 Å². The number of fused-ring (bicyclic) bond motifs is 4. The van der Waals surface area contributed by atoms with E-state index in [4.69, 9.17) is 9.47 Å². The summed E-state index contributed by atoms with van der Waals surface area (Å²) in [4.78, 5) is 11.5. The molecule has 1 fully saturated rings. The molecule has 6 nitrogen and oxygen atoms in total. The van der Waals surface area contributed by atoms with Crippen LogP contribution in [0.1, 0.15) is 55.0 Å². The second-order valence-electron chi connectivity index (χ2n) is 10.6. The molecule has 3 N–H and O–H groups in total. The second-order valence-corrected chi connectivity index (χ2v) is 11.5. The summed E-state index contributed by atoms with van der Waals surface area (Å²) in [6, 6.07) is 12.7. The van der Waals surface area contributed by atoms with Crippen LogP contribution >= 0.6 is 11.3 Å². The van der Waals surface area contributed by atoms with Crippen molar-refractivity contribution < 1.29 is 24.5 Å². The van der Waals surface area contributed by atoms with E-state index >= 15 is 0 Å². The number of aliphatic hydroxyl groups is 1. The summed E-state index contributed by atoms with van der Waals surface area (Å²) in [5.74, 6) is -0.599. The summed E-state index contributed by atoms with van der Waals surface area (Å²) in [7, 11) is 0. The highest BCUT2D eigenvalue weighted by molar-refractivity contribution is 7.17. The molecule has 0 radical (unpaired) electrons. The van der Waals surface area contributed by atoms with Crippen molar-refractivity contribution in [3.8, 4) is 5.75 Å². The first-order valence-electron chi connectivity index (χ1n) is 12.2. The van der Waals surface area contributed by atoms with E-state index in [0.717, 1.165) is 28.9 Å². The summed E-state index contributed by atoms with van der Waals surface area (Å²) >= 11 is 1.75. The van der Waals surface area contributed by atoms with Crippen LogP contribution in [0.5, 0.6) is 5.75 Å². The minimum absolute atomic E-state index is 0.107. The number of carboxylic acid groups (broad SMARTS) is 1. The molecule has 0 spiro atoms. The average molecular weight is 496 g/mol. The molecule has 1 saturated carbocycles. The molecule has 3 aromatic rings. The molecule has 5 rings (SSSR count). The zero-order valence-electron chi connectivity index (χ0n) is 20.6.